The molecule has 2 heterocycles. The second-order valence-corrected chi connectivity index (χ2v) is 13.4. The predicted molar refractivity (Wildman–Crippen MR) is 197 cm³/mol. The van der Waals surface area contributed by atoms with Crippen LogP contribution in [0.4, 0.5) is 0 Å². The van der Waals surface area contributed by atoms with Crippen LogP contribution >= 0.6 is 0 Å². The molecule has 2 fully saturated rings. The Morgan fingerprint density at radius 2 is 1.42 bits per heavy atom. The Morgan fingerprint density at radius 1 is 0.811 bits per heavy atom. The van der Waals surface area contributed by atoms with Gasteiger partial charge in [-0.2, -0.15) is 0 Å². The standard InChI is InChI=1S/C37H51N9O7/c1-23(42-31(47)26-15-8-18-40-26)35(51)46-20-10-17-30(46)34(50)43-27(16-9-19-41-37(38)39)32(48)44-28(21-24-11-4-2-5-12-24)33(49)45-29(36(52)53)22-25-13-6-3-7-14-25/h2-7,11-14,23,26-30,40H,8-10,15-22H2,1H3,(H,42,47)(H,43,50)(H,44,48)(H,45,49)(H,52,53)(H4,38,39,41)/t23-,26-,27-,28-,29-,30-/m0/s1. The van der Waals surface area contributed by atoms with E-state index in [4.69, 9.17) is 11.5 Å². The molecule has 4 rings (SSSR count). The van der Waals surface area contributed by atoms with Crippen molar-refractivity contribution in [2.45, 2.75) is 94.5 Å². The van der Waals surface area contributed by atoms with Crippen LogP contribution in [0.3, 0.4) is 0 Å². The van der Waals surface area contributed by atoms with Crippen molar-refractivity contribution in [3.8, 4) is 0 Å². The van der Waals surface area contributed by atoms with Gasteiger partial charge in [0.1, 0.15) is 30.2 Å². The van der Waals surface area contributed by atoms with E-state index in [0.717, 1.165) is 13.0 Å². The summed E-state index contributed by atoms with van der Waals surface area (Å²) in [6.45, 7) is 2.77. The van der Waals surface area contributed by atoms with Crippen molar-refractivity contribution in [2.24, 2.45) is 16.5 Å². The van der Waals surface area contributed by atoms with Gasteiger partial charge in [0.15, 0.2) is 5.96 Å². The minimum atomic E-state index is -1.28. The number of nitrogens with zero attached hydrogens (tertiary/aromatic N) is 2. The lowest BCUT2D eigenvalue weighted by Gasteiger charge is -2.29. The van der Waals surface area contributed by atoms with Crippen LogP contribution < -0.4 is 38.1 Å². The average molecular weight is 734 g/mol. The Bertz CT molecular complexity index is 1600. The number of nitrogens with two attached hydrogens (primary N) is 2. The lowest BCUT2D eigenvalue weighted by Crippen LogP contribution is -2.59. The summed E-state index contributed by atoms with van der Waals surface area (Å²) in [7, 11) is 0. The number of carbonyl (C=O) groups excluding carboxylic acids is 5. The molecule has 2 aromatic carbocycles. The number of aliphatic imine (C=N–C) groups is 1. The number of hydrogen-bond donors (Lipinski definition) is 8. The second kappa shape index (κ2) is 19.9. The third-order valence-electron chi connectivity index (χ3n) is 9.34. The van der Waals surface area contributed by atoms with Gasteiger partial charge in [-0.3, -0.25) is 29.0 Å². The number of benzene rings is 2. The van der Waals surface area contributed by atoms with E-state index in [1.54, 1.807) is 67.6 Å². The molecule has 286 valence electrons. The van der Waals surface area contributed by atoms with Crippen molar-refractivity contribution in [3.05, 3.63) is 71.8 Å². The Kier molecular flexibility index (Phi) is 15.1. The molecule has 2 aliphatic heterocycles. The first-order chi connectivity index (χ1) is 25.4. The van der Waals surface area contributed by atoms with Gasteiger partial charge in [0.25, 0.3) is 0 Å². The molecule has 5 amide bonds. The van der Waals surface area contributed by atoms with Gasteiger partial charge in [0, 0.05) is 25.9 Å². The van der Waals surface area contributed by atoms with Gasteiger partial charge in [0.05, 0.1) is 6.04 Å². The van der Waals surface area contributed by atoms with Gasteiger partial charge < -0.3 is 48.1 Å². The highest BCUT2D eigenvalue weighted by atomic mass is 16.4. The Labute approximate surface area is 308 Å². The maximum Gasteiger partial charge on any atom is 0.326 e. The van der Waals surface area contributed by atoms with Crippen LogP contribution in [0.5, 0.6) is 0 Å². The highest BCUT2D eigenvalue weighted by Crippen LogP contribution is 2.20. The molecule has 53 heavy (non-hydrogen) atoms. The van der Waals surface area contributed by atoms with Crippen LogP contribution in [-0.4, -0.2) is 107 Å². The summed E-state index contributed by atoms with van der Waals surface area (Å²) in [5, 5.41) is 23.9. The maximum absolute atomic E-state index is 14.0. The zero-order valence-corrected chi connectivity index (χ0v) is 30.0. The molecule has 0 bridgehead atoms. The summed E-state index contributed by atoms with van der Waals surface area (Å²) in [4.78, 5) is 85.2. The van der Waals surface area contributed by atoms with Crippen LogP contribution in [-0.2, 0) is 41.6 Å². The van der Waals surface area contributed by atoms with E-state index in [2.05, 4.69) is 31.6 Å². The Balaban J connectivity index is 1.49. The number of rotatable bonds is 18. The van der Waals surface area contributed by atoms with Gasteiger partial charge in [0.2, 0.25) is 29.5 Å². The molecular formula is C37H51N9O7. The van der Waals surface area contributed by atoms with E-state index in [1.165, 1.54) is 4.90 Å². The van der Waals surface area contributed by atoms with Crippen LogP contribution in [0.15, 0.2) is 65.7 Å². The van der Waals surface area contributed by atoms with Crippen molar-refractivity contribution in [2.75, 3.05) is 19.6 Å². The number of aliphatic carboxylic acids is 1. The monoisotopic (exact) mass is 733 g/mol. The fourth-order valence-electron chi connectivity index (χ4n) is 6.53. The van der Waals surface area contributed by atoms with Crippen molar-refractivity contribution in [3.63, 3.8) is 0 Å². The number of carboxylic acids is 1. The van der Waals surface area contributed by atoms with Gasteiger partial charge in [-0.15, -0.1) is 0 Å². The van der Waals surface area contributed by atoms with Crippen LogP contribution in [0.2, 0.25) is 0 Å². The molecule has 0 aliphatic carbocycles. The molecule has 2 saturated heterocycles. The lowest BCUT2D eigenvalue weighted by atomic mass is 10.0. The van der Waals surface area contributed by atoms with Crippen molar-refractivity contribution < 1.29 is 33.9 Å². The summed E-state index contributed by atoms with van der Waals surface area (Å²) in [5.41, 5.74) is 12.4. The largest absolute Gasteiger partial charge is 0.480 e. The SMILES string of the molecule is C[C@H](NC(=O)[C@@H]1CCCN1)C(=O)N1CCC[C@H]1C(=O)N[C@@H](CCCN=C(N)N)C(=O)N[C@@H](Cc1ccccc1)C(=O)N[C@@H](Cc1ccccc1)C(=O)O. The Hall–Kier alpha value is -5.51. The van der Waals surface area contributed by atoms with Crippen molar-refractivity contribution >= 4 is 41.5 Å². The molecule has 0 unspecified atom stereocenters. The number of carboxylic acid groups (broad SMARTS) is 1. The minimum Gasteiger partial charge on any atom is -0.480 e. The molecule has 0 aromatic heterocycles. The minimum absolute atomic E-state index is 0.0216. The average Bonchev–Trinajstić information content (AvgIpc) is 3.86. The van der Waals surface area contributed by atoms with E-state index in [0.29, 0.717) is 36.9 Å². The third kappa shape index (κ3) is 12.3. The zero-order chi connectivity index (χ0) is 38.3. The summed E-state index contributed by atoms with van der Waals surface area (Å²) >= 11 is 0. The van der Waals surface area contributed by atoms with E-state index in [1.807, 2.05) is 0 Å². The topological polar surface area (TPSA) is 250 Å². The van der Waals surface area contributed by atoms with Gasteiger partial charge in [-0.05, 0) is 63.1 Å². The van der Waals surface area contributed by atoms with Gasteiger partial charge in [-0.25, -0.2) is 4.79 Å². The number of carbonyl (C=O) groups is 6. The maximum atomic E-state index is 14.0. The van der Waals surface area contributed by atoms with Crippen LogP contribution in [0.25, 0.3) is 0 Å². The second-order valence-electron chi connectivity index (χ2n) is 13.4. The van der Waals surface area contributed by atoms with E-state index < -0.39 is 59.8 Å². The molecule has 10 N–H and O–H groups in total. The fourth-order valence-corrected chi connectivity index (χ4v) is 6.53. The number of likely N-dealkylation sites (tertiary alicyclic amines) is 1. The highest BCUT2D eigenvalue weighted by Gasteiger charge is 2.39. The Morgan fingerprint density at radius 3 is 2.00 bits per heavy atom. The number of guanidine groups is 1. The van der Waals surface area contributed by atoms with Crippen LogP contribution in [0, 0.1) is 0 Å². The van der Waals surface area contributed by atoms with Gasteiger partial charge >= 0.3 is 5.97 Å². The van der Waals surface area contributed by atoms with Crippen LogP contribution in [0.1, 0.15) is 56.6 Å². The number of nitrogens with one attached hydrogen (secondary N) is 5. The summed E-state index contributed by atoms with van der Waals surface area (Å²) in [6, 6.07) is 12.0. The lowest BCUT2D eigenvalue weighted by molar-refractivity contribution is -0.142. The normalized spacial score (nSPS) is 18.8. The van der Waals surface area contributed by atoms with E-state index in [-0.39, 0.29) is 50.1 Å². The molecule has 0 saturated carbocycles. The smallest absolute Gasteiger partial charge is 0.326 e. The van der Waals surface area contributed by atoms with Crippen molar-refractivity contribution in [1.82, 2.24) is 31.5 Å². The molecule has 2 aromatic rings. The summed E-state index contributed by atoms with van der Waals surface area (Å²) in [6.07, 6.45) is 2.87. The molecule has 16 nitrogen and oxygen atoms in total. The third-order valence-corrected chi connectivity index (χ3v) is 9.34. The first-order valence-corrected chi connectivity index (χ1v) is 18.0. The van der Waals surface area contributed by atoms with E-state index in [9.17, 15) is 33.9 Å². The highest BCUT2D eigenvalue weighted by molar-refractivity contribution is 5.96. The first-order valence-electron chi connectivity index (χ1n) is 18.0. The fraction of sp³-hybridized carbons (Fsp3) is 0.486. The zero-order valence-electron chi connectivity index (χ0n) is 30.0. The number of amides is 5. The van der Waals surface area contributed by atoms with Gasteiger partial charge in [-0.1, -0.05) is 60.7 Å². The summed E-state index contributed by atoms with van der Waals surface area (Å²) < 4.78 is 0. The summed E-state index contributed by atoms with van der Waals surface area (Å²) in [5.74, 6) is -4.02. The number of hydrogen-bond acceptors (Lipinski definition) is 8. The van der Waals surface area contributed by atoms with E-state index >= 15 is 0 Å². The molecule has 6 atom stereocenters. The molecular weight excluding hydrogens is 682 g/mol. The molecule has 16 heteroatoms. The quantitative estimate of drug-likeness (QED) is 0.0544. The molecule has 2 aliphatic rings. The molecule has 0 spiro atoms. The van der Waals surface area contributed by atoms with Crippen molar-refractivity contribution in [1.29, 1.82) is 0 Å². The molecule has 0 radical (unpaired) electrons. The first kappa shape index (κ1) is 40.3. The predicted octanol–water partition coefficient (Wildman–Crippen LogP) is -0.688.